The van der Waals surface area contributed by atoms with Crippen LogP contribution in [-0.4, -0.2) is 58.9 Å². The molecule has 170 valence electrons. The summed E-state index contributed by atoms with van der Waals surface area (Å²) in [5, 5.41) is 10.0. The Kier molecular flexibility index (Phi) is 5.15. The smallest absolute Gasteiger partial charge is 0.332 e. The zero-order valence-electron chi connectivity index (χ0n) is 18.3. The topological polar surface area (TPSA) is 117 Å². The fourth-order valence-electron chi connectivity index (χ4n) is 4.23. The molecule has 0 bridgehead atoms. The molecule has 3 aromatic heterocycles. The van der Waals surface area contributed by atoms with Gasteiger partial charge in [0.05, 0.1) is 12.5 Å². The third-order valence-corrected chi connectivity index (χ3v) is 6.13. The largest absolute Gasteiger partial charge is 0.473 e. The van der Waals surface area contributed by atoms with E-state index in [1.54, 1.807) is 18.1 Å². The number of ether oxygens (including phenoxy) is 1. The normalized spacial score (nSPS) is 14.8. The molecule has 11 heteroatoms. The molecule has 0 atom stereocenters. The van der Waals surface area contributed by atoms with Gasteiger partial charge >= 0.3 is 5.69 Å². The average molecular weight is 449 g/mol. The van der Waals surface area contributed by atoms with E-state index in [2.05, 4.69) is 15.2 Å². The first-order valence-corrected chi connectivity index (χ1v) is 10.7. The first kappa shape index (κ1) is 20.9. The number of rotatable bonds is 4. The second-order valence-electron chi connectivity index (χ2n) is 8.19. The van der Waals surface area contributed by atoms with Crippen LogP contribution in [0, 0.1) is 0 Å². The molecular weight excluding hydrogens is 426 g/mol. The number of likely N-dealkylation sites (tertiary alicyclic amines) is 1. The van der Waals surface area contributed by atoms with E-state index in [0.717, 1.165) is 15.3 Å². The van der Waals surface area contributed by atoms with Crippen LogP contribution in [0.1, 0.15) is 12.8 Å². The highest BCUT2D eigenvalue weighted by molar-refractivity contribution is 5.85. The highest BCUT2D eigenvalue weighted by Gasteiger charge is 2.26. The van der Waals surface area contributed by atoms with Gasteiger partial charge < -0.3 is 14.2 Å². The van der Waals surface area contributed by atoms with Crippen molar-refractivity contribution in [2.45, 2.75) is 25.5 Å². The molecule has 5 rings (SSSR count). The number of amides is 1. The van der Waals surface area contributed by atoms with Crippen LogP contribution in [-0.2, 0) is 25.4 Å². The van der Waals surface area contributed by atoms with E-state index in [1.807, 2.05) is 24.3 Å². The molecule has 0 spiro atoms. The van der Waals surface area contributed by atoms with Crippen LogP contribution in [0.25, 0.3) is 21.9 Å². The maximum atomic E-state index is 12.9. The van der Waals surface area contributed by atoms with Gasteiger partial charge in [-0.05, 0) is 6.07 Å². The van der Waals surface area contributed by atoms with E-state index in [0.29, 0.717) is 31.8 Å². The Morgan fingerprint density at radius 1 is 1.12 bits per heavy atom. The van der Waals surface area contributed by atoms with Crippen LogP contribution in [0.5, 0.6) is 5.88 Å². The van der Waals surface area contributed by atoms with Crippen LogP contribution in [0.15, 0.2) is 46.4 Å². The Morgan fingerprint density at radius 3 is 2.67 bits per heavy atom. The second-order valence-corrected chi connectivity index (χ2v) is 8.19. The molecule has 4 aromatic rings. The first-order chi connectivity index (χ1) is 15.9. The standard InChI is InChI=1S/C22H23N7O4/c1-26-19-18(21(31)27(2)22(26)32)29(13-23-19)12-17(30)28-9-7-15(8-10-28)33-20-16-6-4-3-5-14(16)11-24-25-20/h3-6,11,13,15H,7-10,12H2,1-2H3. The Labute approximate surface area is 187 Å². The number of hydrogen-bond donors (Lipinski definition) is 0. The fraction of sp³-hybridized carbons (Fsp3) is 0.364. The van der Waals surface area contributed by atoms with Crippen LogP contribution in [0.4, 0.5) is 0 Å². The molecule has 0 unspecified atom stereocenters. The number of piperidine rings is 1. The number of fused-ring (bicyclic) bond motifs is 2. The van der Waals surface area contributed by atoms with E-state index in [1.165, 1.54) is 22.5 Å². The summed E-state index contributed by atoms with van der Waals surface area (Å²) in [6.07, 6.45) is 4.40. The van der Waals surface area contributed by atoms with Crippen molar-refractivity contribution < 1.29 is 9.53 Å². The molecule has 33 heavy (non-hydrogen) atoms. The van der Waals surface area contributed by atoms with E-state index >= 15 is 0 Å². The molecule has 0 aliphatic carbocycles. The van der Waals surface area contributed by atoms with Gasteiger partial charge in [-0.2, -0.15) is 5.10 Å². The maximum absolute atomic E-state index is 12.9. The van der Waals surface area contributed by atoms with Crippen molar-refractivity contribution >= 4 is 27.8 Å². The summed E-state index contributed by atoms with van der Waals surface area (Å²) in [4.78, 5) is 43.5. The van der Waals surface area contributed by atoms with Gasteiger partial charge in [-0.1, -0.05) is 18.2 Å². The summed E-state index contributed by atoms with van der Waals surface area (Å²) >= 11 is 0. The predicted molar refractivity (Wildman–Crippen MR) is 120 cm³/mol. The van der Waals surface area contributed by atoms with E-state index in [-0.39, 0.29) is 29.7 Å². The minimum atomic E-state index is -0.471. The molecule has 11 nitrogen and oxygen atoms in total. The van der Waals surface area contributed by atoms with E-state index in [9.17, 15) is 14.4 Å². The van der Waals surface area contributed by atoms with Crippen LogP contribution in [0.3, 0.4) is 0 Å². The van der Waals surface area contributed by atoms with Gasteiger partial charge in [-0.3, -0.25) is 18.7 Å². The van der Waals surface area contributed by atoms with Crippen molar-refractivity contribution in [1.82, 2.24) is 33.8 Å². The van der Waals surface area contributed by atoms with E-state index in [4.69, 9.17) is 4.74 Å². The van der Waals surface area contributed by atoms with Gasteiger partial charge in [0.25, 0.3) is 5.56 Å². The summed E-state index contributed by atoms with van der Waals surface area (Å²) in [5.41, 5.74) is -0.427. The summed E-state index contributed by atoms with van der Waals surface area (Å²) in [6, 6.07) is 7.79. The highest BCUT2D eigenvalue weighted by atomic mass is 16.5. The highest BCUT2D eigenvalue weighted by Crippen LogP contribution is 2.25. The molecule has 4 heterocycles. The maximum Gasteiger partial charge on any atom is 0.332 e. The minimum absolute atomic E-state index is 0.0235. The summed E-state index contributed by atoms with van der Waals surface area (Å²) in [5.74, 6) is 0.387. The molecular formula is C22H23N7O4. The molecule has 1 saturated heterocycles. The number of nitrogens with zero attached hydrogens (tertiary/aromatic N) is 7. The zero-order chi connectivity index (χ0) is 23.1. The van der Waals surface area contributed by atoms with Gasteiger partial charge in [-0.15, -0.1) is 5.10 Å². The van der Waals surface area contributed by atoms with Gasteiger partial charge in [0, 0.05) is 50.8 Å². The van der Waals surface area contributed by atoms with Crippen molar-refractivity contribution in [2.24, 2.45) is 14.1 Å². The van der Waals surface area contributed by atoms with Crippen molar-refractivity contribution in [3.63, 3.8) is 0 Å². The Morgan fingerprint density at radius 2 is 1.88 bits per heavy atom. The Hall–Kier alpha value is -4.02. The van der Waals surface area contributed by atoms with Gasteiger partial charge in [0.1, 0.15) is 12.6 Å². The molecule has 1 amide bonds. The SMILES string of the molecule is Cn1c(=O)c2c(ncn2CC(=O)N2CCC(Oc3nncc4ccccc34)CC2)n(C)c1=O. The molecule has 1 aromatic carbocycles. The summed E-state index contributed by atoms with van der Waals surface area (Å²) in [6.45, 7) is 1.04. The molecule has 1 aliphatic heterocycles. The monoisotopic (exact) mass is 449 g/mol. The minimum Gasteiger partial charge on any atom is -0.473 e. The third-order valence-electron chi connectivity index (χ3n) is 6.13. The number of carbonyl (C=O) groups excluding carboxylic acids is 1. The zero-order valence-corrected chi connectivity index (χ0v) is 18.3. The van der Waals surface area contributed by atoms with Crippen molar-refractivity contribution in [3.05, 3.63) is 57.6 Å². The second kappa shape index (κ2) is 8.15. The number of carbonyl (C=O) groups is 1. The average Bonchev–Trinajstić information content (AvgIpc) is 3.25. The lowest BCUT2D eigenvalue weighted by molar-refractivity contribution is -0.133. The number of aromatic nitrogens is 6. The fourth-order valence-corrected chi connectivity index (χ4v) is 4.23. The van der Waals surface area contributed by atoms with Crippen LogP contribution >= 0.6 is 0 Å². The number of imidazole rings is 1. The summed E-state index contributed by atoms with van der Waals surface area (Å²) < 4.78 is 9.94. The number of hydrogen-bond acceptors (Lipinski definition) is 7. The van der Waals surface area contributed by atoms with Gasteiger partial charge in [0.15, 0.2) is 11.2 Å². The molecule has 1 fully saturated rings. The summed E-state index contributed by atoms with van der Waals surface area (Å²) in [7, 11) is 2.96. The van der Waals surface area contributed by atoms with Crippen LogP contribution < -0.4 is 16.0 Å². The molecule has 1 aliphatic rings. The third kappa shape index (κ3) is 3.65. The predicted octanol–water partition coefficient (Wildman–Crippen LogP) is 0.447. The lowest BCUT2D eigenvalue weighted by Crippen LogP contribution is -2.43. The quantitative estimate of drug-likeness (QED) is 0.444. The van der Waals surface area contributed by atoms with Crippen molar-refractivity contribution in [3.8, 4) is 5.88 Å². The van der Waals surface area contributed by atoms with Crippen LogP contribution in [0.2, 0.25) is 0 Å². The Balaban J connectivity index is 1.27. The Bertz CT molecular complexity index is 1470. The lowest BCUT2D eigenvalue weighted by atomic mass is 10.1. The molecule has 0 N–H and O–H groups in total. The molecule has 0 saturated carbocycles. The first-order valence-electron chi connectivity index (χ1n) is 10.7. The van der Waals surface area contributed by atoms with Gasteiger partial charge in [0.2, 0.25) is 11.8 Å². The number of aryl methyl sites for hydroxylation is 1. The van der Waals surface area contributed by atoms with Gasteiger partial charge in [-0.25, -0.2) is 9.78 Å². The molecule has 0 radical (unpaired) electrons. The van der Waals surface area contributed by atoms with Crippen molar-refractivity contribution in [1.29, 1.82) is 0 Å². The lowest BCUT2D eigenvalue weighted by Gasteiger charge is -2.32. The van der Waals surface area contributed by atoms with Crippen molar-refractivity contribution in [2.75, 3.05) is 13.1 Å². The number of benzene rings is 1. The van der Waals surface area contributed by atoms with E-state index < -0.39 is 11.2 Å².